The molecule has 0 aromatic carbocycles. The average molecular weight is 489 g/mol. The van der Waals surface area contributed by atoms with Crippen LogP contribution in [0.2, 0.25) is 0 Å². The molecule has 5 heteroatoms. The lowest BCUT2D eigenvalue weighted by Gasteiger charge is -2.72. The molecule has 4 fully saturated rings. The van der Waals surface area contributed by atoms with Crippen molar-refractivity contribution in [3.8, 4) is 0 Å². The highest BCUT2D eigenvalue weighted by molar-refractivity contribution is 5.76. The normalized spacial score (nSPS) is 57.7. The van der Waals surface area contributed by atoms with Crippen LogP contribution in [0.15, 0.2) is 11.6 Å². The van der Waals surface area contributed by atoms with Crippen LogP contribution in [-0.4, -0.2) is 45.2 Å². The molecule has 0 saturated heterocycles. The van der Waals surface area contributed by atoms with E-state index in [1.54, 1.807) is 0 Å². The Labute approximate surface area is 211 Å². The third kappa shape index (κ3) is 2.95. The topological polar surface area (TPSA) is 98.0 Å². The average Bonchev–Trinajstić information content (AvgIpc) is 2.79. The van der Waals surface area contributed by atoms with Gasteiger partial charge < -0.3 is 20.4 Å². The molecule has 0 aromatic rings. The number of aliphatic hydroxyl groups excluding tert-OH is 3. The Hall–Kier alpha value is -0.910. The zero-order valence-electron chi connectivity index (χ0n) is 22.7. The summed E-state index contributed by atoms with van der Waals surface area (Å²) in [5.41, 5.74) is -0.529. The molecule has 4 N–H and O–H groups in total. The summed E-state index contributed by atoms with van der Waals surface area (Å²) >= 11 is 0. The fraction of sp³-hybridized carbons (Fsp3) is 0.900. The Balaban J connectivity index is 1.64. The van der Waals surface area contributed by atoms with E-state index in [4.69, 9.17) is 0 Å². The van der Waals surface area contributed by atoms with E-state index >= 15 is 0 Å². The number of aliphatic carboxylic acids is 1. The number of carboxylic acid groups (broad SMARTS) is 1. The Morgan fingerprint density at radius 1 is 1.03 bits per heavy atom. The van der Waals surface area contributed by atoms with Crippen molar-refractivity contribution in [3.05, 3.63) is 11.6 Å². The predicted molar refractivity (Wildman–Crippen MR) is 135 cm³/mol. The molecule has 0 amide bonds. The van der Waals surface area contributed by atoms with Gasteiger partial charge in [-0.3, -0.25) is 4.79 Å². The second-order valence-electron chi connectivity index (χ2n) is 14.5. The van der Waals surface area contributed by atoms with E-state index in [2.05, 4.69) is 40.7 Å². The molecule has 5 rings (SSSR count). The van der Waals surface area contributed by atoms with E-state index in [0.29, 0.717) is 37.0 Å². The Kier molecular flexibility index (Phi) is 5.73. The van der Waals surface area contributed by atoms with Crippen LogP contribution in [0.3, 0.4) is 0 Å². The van der Waals surface area contributed by atoms with Crippen LogP contribution in [-0.2, 0) is 4.79 Å². The molecule has 0 aromatic heterocycles. The van der Waals surface area contributed by atoms with Gasteiger partial charge in [-0.25, -0.2) is 0 Å². The van der Waals surface area contributed by atoms with Crippen LogP contribution in [0.1, 0.15) is 92.9 Å². The minimum atomic E-state index is -0.711. The quantitative estimate of drug-likeness (QED) is 0.409. The van der Waals surface area contributed by atoms with Crippen molar-refractivity contribution in [3.63, 3.8) is 0 Å². The number of allylic oxidation sites excluding steroid dienone is 2. The maximum atomic E-state index is 12.8. The van der Waals surface area contributed by atoms with E-state index in [1.807, 2.05) is 6.92 Å². The molecule has 0 unspecified atom stereocenters. The van der Waals surface area contributed by atoms with E-state index in [-0.39, 0.29) is 34.7 Å². The van der Waals surface area contributed by atoms with Crippen LogP contribution in [0.5, 0.6) is 0 Å². The fourth-order valence-corrected chi connectivity index (χ4v) is 11.0. The summed E-state index contributed by atoms with van der Waals surface area (Å²) in [6.45, 7) is 13.5. The molecule has 0 aliphatic heterocycles. The maximum absolute atomic E-state index is 12.8. The summed E-state index contributed by atoms with van der Waals surface area (Å²) in [5.74, 6) is 0.432. The highest BCUT2D eigenvalue weighted by atomic mass is 16.4. The summed E-state index contributed by atoms with van der Waals surface area (Å²) in [5, 5.41) is 43.7. The number of carboxylic acids is 1. The minimum absolute atomic E-state index is 0.0545. The lowest BCUT2D eigenvalue weighted by molar-refractivity contribution is -0.252. The van der Waals surface area contributed by atoms with Crippen molar-refractivity contribution >= 4 is 5.97 Å². The number of aliphatic hydroxyl groups is 3. The first-order chi connectivity index (χ1) is 16.2. The molecule has 5 aliphatic carbocycles. The van der Waals surface area contributed by atoms with Gasteiger partial charge in [0.25, 0.3) is 0 Å². The molecular weight excluding hydrogens is 440 g/mol. The van der Waals surface area contributed by atoms with Crippen molar-refractivity contribution in [2.24, 2.45) is 56.7 Å². The van der Waals surface area contributed by atoms with Gasteiger partial charge in [-0.2, -0.15) is 0 Å². The van der Waals surface area contributed by atoms with E-state index in [1.165, 1.54) is 5.57 Å². The first kappa shape index (κ1) is 25.7. The largest absolute Gasteiger partial charge is 0.481 e. The van der Waals surface area contributed by atoms with Crippen molar-refractivity contribution in [2.75, 3.05) is 6.61 Å². The third-order valence-electron chi connectivity index (χ3n) is 13.4. The van der Waals surface area contributed by atoms with Crippen molar-refractivity contribution < 1.29 is 25.2 Å². The summed E-state index contributed by atoms with van der Waals surface area (Å²) in [4.78, 5) is 12.8. The second kappa shape index (κ2) is 7.80. The Morgan fingerprint density at radius 2 is 1.71 bits per heavy atom. The SMILES string of the molecule is C[C@H]1[C@H](C)CC[C@]2(C(=O)O)CC[C@]3(C)C(=CC[C@@H]4[C@@]5(C)CC[C@H](O)[C@@](C)(CO)[C@@H]5[C@H](O)C[C@]43C)[C@H]12. The van der Waals surface area contributed by atoms with Crippen molar-refractivity contribution in [1.29, 1.82) is 0 Å². The van der Waals surface area contributed by atoms with E-state index in [0.717, 1.165) is 32.1 Å². The molecule has 0 bridgehead atoms. The van der Waals surface area contributed by atoms with Gasteiger partial charge in [-0.05, 0) is 91.3 Å². The molecule has 35 heavy (non-hydrogen) atoms. The standard InChI is InChI=1S/C30H48O5/c1-17-9-12-30(25(34)35)14-13-28(5)19(23(30)18(17)2)7-8-21-26(3)11-10-22(33)27(4,16-31)24(26)20(32)15-29(21,28)6/h7,17-18,20-24,31-33H,8-16H2,1-6H3,(H,34,35)/t17-,18+,20-,21-,22+,23+,24-,26-,27-,28-,29-,30+/m1/s1. The van der Waals surface area contributed by atoms with Crippen LogP contribution in [0.4, 0.5) is 0 Å². The van der Waals surface area contributed by atoms with Crippen molar-refractivity contribution in [2.45, 2.75) is 105 Å². The lowest BCUT2D eigenvalue weighted by atomic mass is 9.33. The molecule has 12 atom stereocenters. The first-order valence-electron chi connectivity index (χ1n) is 14.1. The highest BCUT2D eigenvalue weighted by Crippen LogP contribution is 2.75. The highest BCUT2D eigenvalue weighted by Gasteiger charge is 2.71. The van der Waals surface area contributed by atoms with Crippen LogP contribution in [0, 0.1) is 56.7 Å². The third-order valence-corrected chi connectivity index (χ3v) is 13.4. The number of fused-ring (bicyclic) bond motifs is 7. The zero-order chi connectivity index (χ0) is 25.8. The van der Waals surface area contributed by atoms with Gasteiger partial charge in [0.1, 0.15) is 0 Å². The van der Waals surface area contributed by atoms with Crippen LogP contribution in [0.25, 0.3) is 0 Å². The molecule has 0 spiro atoms. The van der Waals surface area contributed by atoms with Gasteiger partial charge in [-0.15, -0.1) is 0 Å². The van der Waals surface area contributed by atoms with Crippen LogP contribution >= 0.6 is 0 Å². The predicted octanol–water partition coefficient (Wildman–Crippen LogP) is 5.03. The number of carbonyl (C=O) groups is 1. The molecule has 4 saturated carbocycles. The summed E-state index contributed by atoms with van der Waals surface area (Å²) in [6, 6.07) is 0. The van der Waals surface area contributed by atoms with Gasteiger partial charge in [0.05, 0.1) is 24.2 Å². The fourth-order valence-electron chi connectivity index (χ4n) is 11.0. The zero-order valence-corrected chi connectivity index (χ0v) is 22.7. The molecule has 0 radical (unpaired) electrons. The molecule has 0 heterocycles. The smallest absolute Gasteiger partial charge is 0.310 e. The van der Waals surface area contributed by atoms with Crippen molar-refractivity contribution in [1.82, 2.24) is 0 Å². The Morgan fingerprint density at radius 3 is 2.34 bits per heavy atom. The van der Waals surface area contributed by atoms with Gasteiger partial charge >= 0.3 is 5.97 Å². The molecule has 5 nitrogen and oxygen atoms in total. The first-order valence-corrected chi connectivity index (χ1v) is 14.1. The molecule has 198 valence electrons. The minimum Gasteiger partial charge on any atom is -0.481 e. The van der Waals surface area contributed by atoms with Gasteiger partial charge in [0.2, 0.25) is 0 Å². The molecular formula is C30H48O5. The van der Waals surface area contributed by atoms with E-state index < -0.39 is 29.0 Å². The monoisotopic (exact) mass is 488 g/mol. The summed E-state index contributed by atoms with van der Waals surface area (Å²) in [7, 11) is 0. The second-order valence-corrected chi connectivity index (χ2v) is 14.5. The van der Waals surface area contributed by atoms with Crippen LogP contribution < -0.4 is 0 Å². The Bertz CT molecular complexity index is 930. The maximum Gasteiger partial charge on any atom is 0.310 e. The number of hydrogen-bond donors (Lipinski definition) is 4. The van der Waals surface area contributed by atoms with E-state index in [9.17, 15) is 25.2 Å². The number of rotatable bonds is 2. The van der Waals surface area contributed by atoms with Gasteiger partial charge in [0, 0.05) is 11.3 Å². The van der Waals surface area contributed by atoms with Gasteiger partial charge in [0.15, 0.2) is 0 Å². The van der Waals surface area contributed by atoms with Gasteiger partial charge in [-0.1, -0.05) is 53.2 Å². The lowest BCUT2D eigenvalue weighted by Crippen LogP contribution is -2.69. The summed E-state index contributed by atoms with van der Waals surface area (Å²) < 4.78 is 0. The summed E-state index contributed by atoms with van der Waals surface area (Å²) in [6.07, 6.45) is 7.57. The molecule has 5 aliphatic rings. The number of hydrogen-bond acceptors (Lipinski definition) is 4.